The summed E-state index contributed by atoms with van der Waals surface area (Å²) in [6.45, 7) is 3.28. The highest BCUT2D eigenvalue weighted by Gasteiger charge is 2.30. The van der Waals surface area contributed by atoms with Gasteiger partial charge in [0.15, 0.2) is 5.82 Å². The van der Waals surface area contributed by atoms with Crippen molar-refractivity contribution in [2.24, 2.45) is 0 Å². The van der Waals surface area contributed by atoms with Crippen LogP contribution in [0.2, 0.25) is 0 Å². The molecule has 0 spiro atoms. The average Bonchev–Trinajstić information content (AvgIpc) is 2.86. The highest BCUT2D eigenvalue weighted by atomic mass is 16.5. The van der Waals surface area contributed by atoms with E-state index in [9.17, 15) is 4.79 Å². The van der Waals surface area contributed by atoms with E-state index < -0.39 is 5.97 Å². The molecule has 17 heavy (non-hydrogen) atoms. The lowest BCUT2D eigenvalue weighted by Gasteiger charge is -2.13. The highest BCUT2D eigenvalue weighted by Crippen LogP contribution is 2.29. The van der Waals surface area contributed by atoms with Crippen molar-refractivity contribution in [2.45, 2.75) is 44.8 Å². The minimum atomic E-state index is -0.794. The monoisotopic (exact) mass is 240 g/mol. The third-order valence-electron chi connectivity index (χ3n) is 3.03. The first-order valence-electron chi connectivity index (χ1n) is 5.78. The Morgan fingerprint density at radius 1 is 1.65 bits per heavy atom. The normalized spacial score (nSPS) is 24.1. The number of carboxylic acid groups (broad SMARTS) is 1. The van der Waals surface area contributed by atoms with Gasteiger partial charge >= 0.3 is 5.97 Å². The van der Waals surface area contributed by atoms with Crippen LogP contribution >= 0.6 is 0 Å². The van der Waals surface area contributed by atoms with Crippen LogP contribution in [0.3, 0.4) is 0 Å². The number of aliphatic carboxylic acids is 1. The van der Waals surface area contributed by atoms with Crippen molar-refractivity contribution in [3.8, 4) is 0 Å². The van der Waals surface area contributed by atoms with E-state index >= 15 is 0 Å². The summed E-state index contributed by atoms with van der Waals surface area (Å²) in [6, 6.07) is 0. The average molecular weight is 240 g/mol. The minimum Gasteiger partial charge on any atom is -0.481 e. The van der Waals surface area contributed by atoms with E-state index in [4.69, 9.17) is 9.84 Å². The van der Waals surface area contributed by atoms with Crippen molar-refractivity contribution in [3.63, 3.8) is 0 Å². The largest absolute Gasteiger partial charge is 0.481 e. The minimum absolute atomic E-state index is 0.124. The van der Waals surface area contributed by atoms with Gasteiger partial charge in [-0.15, -0.1) is 5.10 Å². The number of carboxylic acids is 1. The highest BCUT2D eigenvalue weighted by molar-refractivity contribution is 5.66. The van der Waals surface area contributed by atoms with Gasteiger partial charge in [-0.2, -0.15) is 0 Å². The Hall–Kier alpha value is -1.50. The summed E-state index contributed by atoms with van der Waals surface area (Å²) < 4.78 is 7.18. The first-order valence-corrected chi connectivity index (χ1v) is 5.78. The fourth-order valence-electron chi connectivity index (χ4n) is 2.09. The van der Waals surface area contributed by atoms with E-state index in [1.807, 2.05) is 6.92 Å². The Kier molecular flexibility index (Phi) is 3.68. The maximum absolute atomic E-state index is 10.4. The summed E-state index contributed by atoms with van der Waals surface area (Å²) in [4.78, 5) is 10.4. The predicted molar refractivity (Wildman–Crippen MR) is 57.5 cm³/mol. The predicted octanol–water partition coefficient (Wildman–Crippen LogP) is 0.430. The van der Waals surface area contributed by atoms with Gasteiger partial charge in [-0.05, 0) is 30.2 Å². The lowest BCUT2D eigenvalue weighted by molar-refractivity contribution is -0.137. The number of aryl methyl sites for hydroxylation is 1. The third kappa shape index (κ3) is 2.79. The van der Waals surface area contributed by atoms with Gasteiger partial charge in [-0.25, -0.2) is 4.68 Å². The molecule has 1 aliphatic rings. The Balaban J connectivity index is 1.98. The van der Waals surface area contributed by atoms with Crippen LogP contribution in [0.4, 0.5) is 0 Å². The molecular formula is C10H16N4O3. The SMILES string of the molecule is CC1OCCC1c1nnnn1CCCC(=O)O. The van der Waals surface area contributed by atoms with E-state index in [0.717, 1.165) is 18.9 Å². The van der Waals surface area contributed by atoms with E-state index in [2.05, 4.69) is 15.5 Å². The molecule has 0 aliphatic carbocycles. The maximum Gasteiger partial charge on any atom is 0.303 e. The van der Waals surface area contributed by atoms with Crippen LogP contribution in [-0.4, -0.2) is 44.0 Å². The zero-order valence-corrected chi connectivity index (χ0v) is 9.74. The van der Waals surface area contributed by atoms with Crippen LogP contribution in [0.25, 0.3) is 0 Å². The zero-order chi connectivity index (χ0) is 12.3. The maximum atomic E-state index is 10.4. The third-order valence-corrected chi connectivity index (χ3v) is 3.03. The van der Waals surface area contributed by atoms with Crippen molar-refractivity contribution in [3.05, 3.63) is 5.82 Å². The Labute approximate surface area is 98.8 Å². The van der Waals surface area contributed by atoms with Crippen molar-refractivity contribution < 1.29 is 14.6 Å². The molecule has 0 saturated carbocycles. The Bertz CT molecular complexity index is 393. The number of tetrazole rings is 1. The number of nitrogens with zero attached hydrogens (tertiary/aromatic N) is 4. The lowest BCUT2D eigenvalue weighted by Crippen LogP contribution is -2.16. The van der Waals surface area contributed by atoms with Crippen LogP contribution < -0.4 is 0 Å². The molecule has 2 unspecified atom stereocenters. The number of hydrogen-bond acceptors (Lipinski definition) is 5. The number of ether oxygens (including phenoxy) is 1. The molecule has 2 heterocycles. The van der Waals surface area contributed by atoms with Gasteiger partial charge in [0.25, 0.3) is 0 Å². The molecule has 2 rings (SSSR count). The number of aromatic nitrogens is 4. The van der Waals surface area contributed by atoms with Gasteiger partial charge in [0, 0.05) is 25.5 Å². The second kappa shape index (κ2) is 5.22. The van der Waals surface area contributed by atoms with Gasteiger partial charge in [0.2, 0.25) is 0 Å². The summed E-state index contributed by atoms with van der Waals surface area (Å²) in [5.74, 6) is 0.229. The van der Waals surface area contributed by atoms with Crippen molar-refractivity contribution in [1.29, 1.82) is 0 Å². The fourth-order valence-corrected chi connectivity index (χ4v) is 2.09. The molecule has 2 atom stereocenters. The molecule has 1 aromatic heterocycles. The molecular weight excluding hydrogens is 224 g/mol. The molecule has 7 heteroatoms. The van der Waals surface area contributed by atoms with E-state index in [1.165, 1.54) is 0 Å². The van der Waals surface area contributed by atoms with Crippen molar-refractivity contribution in [1.82, 2.24) is 20.2 Å². The Morgan fingerprint density at radius 2 is 2.47 bits per heavy atom. The molecule has 1 saturated heterocycles. The number of carbonyl (C=O) groups is 1. The van der Waals surface area contributed by atoms with E-state index in [0.29, 0.717) is 13.0 Å². The summed E-state index contributed by atoms with van der Waals surface area (Å²) in [7, 11) is 0. The van der Waals surface area contributed by atoms with Crippen LogP contribution in [0.5, 0.6) is 0 Å². The van der Waals surface area contributed by atoms with Crippen molar-refractivity contribution in [2.75, 3.05) is 6.61 Å². The van der Waals surface area contributed by atoms with Gasteiger partial charge in [0.1, 0.15) is 0 Å². The molecule has 1 aromatic rings. The topological polar surface area (TPSA) is 90.1 Å². The summed E-state index contributed by atoms with van der Waals surface area (Å²) in [5, 5.41) is 20.2. The van der Waals surface area contributed by atoms with Crippen LogP contribution in [0, 0.1) is 0 Å². The van der Waals surface area contributed by atoms with Crippen LogP contribution in [-0.2, 0) is 16.1 Å². The smallest absolute Gasteiger partial charge is 0.303 e. The molecule has 1 N–H and O–H groups in total. The summed E-state index contributed by atoms with van der Waals surface area (Å²) >= 11 is 0. The van der Waals surface area contributed by atoms with E-state index in [1.54, 1.807) is 4.68 Å². The molecule has 0 radical (unpaired) electrons. The van der Waals surface area contributed by atoms with Gasteiger partial charge in [-0.1, -0.05) is 0 Å². The molecule has 0 amide bonds. The standard InChI is InChI=1S/C10H16N4O3/c1-7-8(4-6-17-7)10-11-12-13-14(10)5-2-3-9(15)16/h7-8H,2-6H2,1H3,(H,15,16). The van der Waals surface area contributed by atoms with Crippen molar-refractivity contribution >= 4 is 5.97 Å². The molecule has 7 nitrogen and oxygen atoms in total. The fraction of sp³-hybridized carbons (Fsp3) is 0.800. The zero-order valence-electron chi connectivity index (χ0n) is 9.74. The lowest BCUT2D eigenvalue weighted by atomic mass is 10.0. The second-order valence-electron chi connectivity index (χ2n) is 4.23. The first kappa shape index (κ1) is 12.0. The number of hydrogen-bond donors (Lipinski definition) is 1. The second-order valence-corrected chi connectivity index (χ2v) is 4.23. The molecule has 0 aromatic carbocycles. The first-order chi connectivity index (χ1) is 8.18. The Morgan fingerprint density at radius 3 is 3.12 bits per heavy atom. The van der Waals surface area contributed by atoms with E-state index in [-0.39, 0.29) is 18.4 Å². The molecule has 0 bridgehead atoms. The quantitative estimate of drug-likeness (QED) is 0.802. The van der Waals surface area contributed by atoms with Crippen LogP contribution in [0.1, 0.15) is 37.9 Å². The van der Waals surface area contributed by atoms with Crippen LogP contribution in [0.15, 0.2) is 0 Å². The molecule has 1 fully saturated rings. The molecule has 94 valence electrons. The van der Waals surface area contributed by atoms with Gasteiger partial charge < -0.3 is 9.84 Å². The number of rotatable bonds is 5. The molecule has 1 aliphatic heterocycles. The van der Waals surface area contributed by atoms with Gasteiger partial charge in [0.05, 0.1) is 6.10 Å². The van der Waals surface area contributed by atoms with Gasteiger partial charge in [-0.3, -0.25) is 4.79 Å². The summed E-state index contributed by atoms with van der Waals surface area (Å²) in [6.07, 6.45) is 1.71. The summed E-state index contributed by atoms with van der Waals surface area (Å²) in [5.41, 5.74) is 0.